The summed E-state index contributed by atoms with van der Waals surface area (Å²) in [6, 6.07) is 19.8. The number of nitrogen functional groups attached to an aromatic ring is 1. The van der Waals surface area contributed by atoms with E-state index >= 15 is 0 Å². The van der Waals surface area contributed by atoms with Crippen molar-refractivity contribution in [3.8, 4) is 0 Å². The number of aliphatic hydroxyl groups is 1. The summed E-state index contributed by atoms with van der Waals surface area (Å²) in [5, 5.41) is 11.3. The van der Waals surface area contributed by atoms with E-state index in [1.54, 1.807) is 6.33 Å². The number of hydrogen-bond acceptors (Lipinski definition) is 7. The molecular weight excluding hydrogens is 418 g/mol. The molecule has 170 valence electrons. The van der Waals surface area contributed by atoms with Gasteiger partial charge in [-0.25, -0.2) is 15.0 Å². The molecule has 4 atom stereocenters. The normalized spacial score (nSPS) is 22.7. The number of nitrogens with zero attached hydrogens (tertiary/aromatic N) is 4. The molecule has 3 unspecified atom stereocenters. The zero-order valence-corrected chi connectivity index (χ0v) is 18.2. The third-order valence-electron chi connectivity index (χ3n) is 6.26. The van der Waals surface area contributed by atoms with Crippen LogP contribution in [-0.2, 0) is 22.7 Å². The molecule has 3 N–H and O–H groups in total. The van der Waals surface area contributed by atoms with Crippen molar-refractivity contribution in [1.29, 1.82) is 0 Å². The molecule has 2 aromatic carbocycles. The van der Waals surface area contributed by atoms with Gasteiger partial charge in [-0.05, 0) is 17.5 Å². The van der Waals surface area contributed by atoms with Crippen molar-refractivity contribution in [2.75, 3.05) is 12.3 Å². The number of imidazole rings is 1. The van der Waals surface area contributed by atoms with E-state index in [0.717, 1.165) is 11.1 Å². The van der Waals surface area contributed by atoms with Crippen LogP contribution in [-0.4, -0.2) is 43.4 Å². The molecule has 0 amide bonds. The fourth-order valence-electron chi connectivity index (χ4n) is 4.51. The highest BCUT2D eigenvalue weighted by atomic mass is 16.5. The number of anilines is 1. The van der Waals surface area contributed by atoms with Crippen molar-refractivity contribution in [2.24, 2.45) is 5.92 Å². The van der Waals surface area contributed by atoms with Crippen LogP contribution in [0.1, 0.15) is 23.6 Å². The third kappa shape index (κ3) is 4.59. The Morgan fingerprint density at radius 2 is 1.64 bits per heavy atom. The Labute approximate surface area is 192 Å². The number of aliphatic hydroxyl groups excluding tert-OH is 1. The van der Waals surface area contributed by atoms with E-state index in [2.05, 4.69) is 15.0 Å². The number of hydrogen-bond donors (Lipinski definition) is 2. The lowest BCUT2D eigenvalue weighted by atomic mass is 10.0. The Bertz CT molecular complexity index is 1180. The van der Waals surface area contributed by atoms with E-state index in [9.17, 15) is 5.11 Å². The van der Waals surface area contributed by atoms with Crippen LogP contribution in [0.2, 0.25) is 0 Å². The first kappa shape index (κ1) is 21.5. The van der Waals surface area contributed by atoms with Gasteiger partial charge in [-0.15, -0.1) is 0 Å². The van der Waals surface area contributed by atoms with Crippen LogP contribution in [0.3, 0.4) is 0 Å². The zero-order valence-electron chi connectivity index (χ0n) is 18.2. The summed E-state index contributed by atoms with van der Waals surface area (Å²) >= 11 is 0. The number of nitrogens with two attached hydrogens (primary N) is 1. The smallest absolute Gasteiger partial charge is 0.165 e. The van der Waals surface area contributed by atoms with Gasteiger partial charge in [-0.3, -0.25) is 0 Å². The first-order valence-electron chi connectivity index (χ1n) is 11.1. The molecule has 0 bridgehead atoms. The van der Waals surface area contributed by atoms with Crippen molar-refractivity contribution < 1.29 is 14.6 Å². The Balaban J connectivity index is 1.35. The summed E-state index contributed by atoms with van der Waals surface area (Å²) in [4.78, 5) is 12.7. The highest BCUT2D eigenvalue weighted by Crippen LogP contribution is 2.39. The molecule has 4 aromatic rings. The highest BCUT2D eigenvalue weighted by Gasteiger charge is 2.44. The quantitative estimate of drug-likeness (QED) is 0.429. The van der Waals surface area contributed by atoms with E-state index in [1.807, 2.05) is 65.2 Å². The molecule has 1 aliphatic rings. The molecule has 1 aliphatic carbocycles. The maximum atomic E-state index is 11.3. The molecule has 8 nitrogen and oxygen atoms in total. The van der Waals surface area contributed by atoms with Gasteiger partial charge >= 0.3 is 0 Å². The summed E-state index contributed by atoms with van der Waals surface area (Å²) in [7, 11) is 0. The van der Waals surface area contributed by atoms with Gasteiger partial charge in [-0.1, -0.05) is 60.7 Å². The highest BCUT2D eigenvalue weighted by molar-refractivity contribution is 5.81. The number of aromatic nitrogens is 4. The van der Waals surface area contributed by atoms with Crippen LogP contribution in [0.4, 0.5) is 5.82 Å². The van der Waals surface area contributed by atoms with E-state index in [4.69, 9.17) is 15.2 Å². The predicted molar refractivity (Wildman–Crippen MR) is 124 cm³/mol. The lowest BCUT2D eigenvalue weighted by Gasteiger charge is -2.23. The minimum atomic E-state index is -0.685. The minimum Gasteiger partial charge on any atom is -0.390 e. The molecule has 5 rings (SSSR count). The van der Waals surface area contributed by atoms with Crippen molar-refractivity contribution >= 4 is 17.0 Å². The molecule has 0 aliphatic heterocycles. The molecule has 33 heavy (non-hydrogen) atoms. The van der Waals surface area contributed by atoms with Gasteiger partial charge in [0.2, 0.25) is 0 Å². The SMILES string of the molecule is Nc1ncnc2c1ncn2C1CC(OCc2ccccc2)C(COCc2ccccc2)[C@@H]1O. The molecular formula is C25H27N5O3. The summed E-state index contributed by atoms with van der Waals surface area (Å²) in [6.07, 6.45) is 2.84. The average Bonchev–Trinajstić information content (AvgIpc) is 3.41. The molecule has 0 radical (unpaired) electrons. The van der Waals surface area contributed by atoms with Gasteiger partial charge < -0.3 is 24.9 Å². The molecule has 1 fully saturated rings. The van der Waals surface area contributed by atoms with Gasteiger partial charge in [0.25, 0.3) is 0 Å². The van der Waals surface area contributed by atoms with Gasteiger partial charge in [0.15, 0.2) is 11.5 Å². The van der Waals surface area contributed by atoms with Crippen LogP contribution in [0.5, 0.6) is 0 Å². The first-order valence-corrected chi connectivity index (χ1v) is 11.1. The second-order valence-electron chi connectivity index (χ2n) is 8.38. The average molecular weight is 446 g/mol. The molecule has 0 spiro atoms. The van der Waals surface area contributed by atoms with Gasteiger partial charge in [-0.2, -0.15) is 0 Å². The largest absolute Gasteiger partial charge is 0.390 e. The van der Waals surface area contributed by atoms with Crippen molar-refractivity contribution in [1.82, 2.24) is 19.5 Å². The Morgan fingerprint density at radius 1 is 0.939 bits per heavy atom. The van der Waals surface area contributed by atoms with E-state index in [-0.39, 0.29) is 18.1 Å². The minimum absolute atomic E-state index is 0.183. The lowest BCUT2D eigenvalue weighted by Crippen LogP contribution is -2.31. The number of ether oxygens (including phenoxy) is 2. The van der Waals surface area contributed by atoms with Gasteiger partial charge in [0, 0.05) is 5.92 Å². The summed E-state index contributed by atoms with van der Waals surface area (Å²) in [5.74, 6) is 0.130. The first-order chi connectivity index (χ1) is 16.2. The van der Waals surface area contributed by atoms with Gasteiger partial charge in [0.05, 0.1) is 44.4 Å². The van der Waals surface area contributed by atoms with Crippen LogP contribution in [0.15, 0.2) is 73.3 Å². The Hall–Kier alpha value is -3.33. The van der Waals surface area contributed by atoms with E-state index in [1.165, 1.54) is 6.33 Å². The monoisotopic (exact) mass is 445 g/mol. The maximum Gasteiger partial charge on any atom is 0.165 e. The van der Waals surface area contributed by atoms with Crippen LogP contribution >= 0.6 is 0 Å². The number of fused-ring (bicyclic) bond motifs is 1. The van der Waals surface area contributed by atoms with E-state index < -0.39 is 6.10 Å². The van der Waals surface area contributed by atoms with Gasteiger partial charge in [0.1, 0.15) is 11.8 Å². The van der Waals surface area contributed by atoms with Crippen molar-refractivity contribution in [2.45, 2.75) is 37.9 Å². The second kappa shape index (κ2) is 9.66. The van der Waals surface area contributed by atoms with Crippen molar-refractivity contribution in [3.63, 3.8) is 0 Å². The molecule has 0 saturated heterocycles. The maximum absolute atomic E-state index is 11.3. The fourth-order valence-corrected chi connectivity index (χ4v) is 4.51. The van der Waals surface area contributed by atoms with Crippen LogP contribution < -0.4 is 5.73 Å². The summed E-state index contributed by atoms with van der Waals surface area (Å²) in [5.41, 5.74) is 9.29. The lowest BCUT2D eigenvalue weighted by molar-refractivity contribution is -0.0475. The molecule has 1 saturated carbocycles. The number of benzene rings is 2. The third-order valence-corrected chi connectivity index (χ3v) is 6.26. The van der Waals surface area contributed by atoms with Crippen LogP contribution in [0, 0.1) is 5.92 Å². The standard InChI is InChI=1S/C25H27N5O3/c26-24-22-25(28-15-27-24)30(16-29-22)20-11-21(33-13-18-9-5-2-6-10-18)19(23(20)31)14-32-12-17-7-3-1-4-8-17/h1-10,15-16,19-21,23,31H,11-14H2,(H2,26,27,28)/t19?,20?,21?,23-/m0/s1. The molecule has 2 aromatic heterocycles. The Kier molecular flexibility index (Phi) is 6.30. The topological polar surface area (TPSA) is 108 Å². The molecule has 2 heterocycles. The number of rotatable bonds is 8. The van der Waals surface area contributed by atoms with Crippen LogP contribution in [0.25, 0.3) is 11.2 Å². The second-order valence-corrected chi connectivity index (χ2v) is 8.38. The molecule has 8 heteroatoms. The fraction of sp³-hybridized carbons (Fsp3) is 0.320. The Morgan fingerprint density at radius 3 is 2.36 bits per heavy atom. The summed E-state index contributed by atoms with van der Waals surface area (Å²) < 4.78 is 14.2. The van der Waals surface area contributed by atoms with Crippen molar-refractivity contribution in [3.05, 3.63) is 84.4 Å². The van der Waals surface area contributed by atoms with E-state index in [0.29, 0.717) is 43.2 Å². The summed E-state index contributed by atoms with van der Waals surface area (Å²) in [6.45, 7) is 1.34. The zero-order chi connectivity index (χ0) is 22.6. The predicted octanol–water partition coefficient (Wildman–Crippen LogP) is 3.13.